The molecule has 6 heteroatoms. The van der Waals surface area contributed by atoms with E-state index in [0.29, 0.717) is 24.7 Å². The van der Waals surface area contributed by atoms with E-state index < -0.39 is 5.97 Å². The molecule has 0 spiro atoms. The molecule has 2 aromatic rings. The van der Waals surface area contributed by atoms with Gasteiger partial charge in [-0.05, 0) is 38.0 Å². The molecule has 0 unspecified atom stereocenters. The Hall–Kier alpha value is -2.34. The lowest BCUT2D eigenvalue weighted by molar-refractivity contribution is 0.0696. The van der Waals surface area contributed by atoms with Crippen molar-refractivity contribution in [3.05, 3.63) is 34.4 Å². The molecule has 2 N–H and O–H groups in total. The average Bonchev–Trinajstić information content (AvgIpc) is 2.81. The van der Waals surface area contributed by atoms with Gasteiger partial charge in [-0.3, -0.25) is 5.10 Å². The summed E-state index contributed by atoms with van der Waals surface area (Å²) in [6, 6.07) is 3.43. The van der Waals surface area contributed by atoms with Gasteiger partial charge in [0, 0.05) is 18.2 Å². The number of hydrogen-bond donors (Lipinski definition) is 2. The summed E-state index contributed by atoms with van der Waals surface area (Å²) < 4.78 is 10.5. The van der Waals surface area contributed by atoms with Gasteiger partial charge < -0.3 is 14.6 Å². The smallest absolute Gasteiger partial charge is 0.335 e. The molecule has 0 aliphatic carbocycles. The fourth-order valence-electron chi connectivity index (χ4n) is 2.45. The van der Waals surface area contributed by atoms with E-state index in [-0.39, 0.29) is 5.56 Å². The molecule has 0 atom stereocenters. The molecule has 0 aliphatic heterocycles. The van der Waals surface area contributed by atoms with Crippen LogP contribution in [0.1, 0.15) is 27.0 Å². The predicted molar refractivity (Wildman–Crippen MR) is 82.6 cm³/mol. The van der Waals surface area contributed by atoms with Crippen molar-refractivity contribution >= 4 is 5.97 Å². The summed E-state index contributed by atoms with van der Waals surface area (Å²) in [7, 11) is 1.61. The largest absolute Gasteiger partial charge is 0.478 e. The Morgan fingerprint density at radius 3 is 2.59 bits per heavy atom. The first-order valence-electron chi connectivity index (χ1n) is 6.98. The Morgan fingerprint density at radius 1 is 1.23 bits per heavy atom. The quantitative estimate of drug-likeness (QED) is 0.802. The molecule has 0 radical (unpaired) electrons. The molecular weight excluding hydrogens is 284 g/mol. The summed E-state index contributed by atoms with van der Waals surface area (Å²) in [6.45, 7) is 6.54. The number of aromatic carboxylic acids is 1. The van der Waals surface area contributed by atoms with Gasteiger partial charge in [-0.15, -0.1) is 5.10 Å². The fourth-order valence-corrected chi connectivity index (χ4v) is 2.45. The van der Waals surface area contributed by atoms with Gasteiger partial charge in [0.05, 0.1) is 17.9 Å². The first kappa shape index (κ1) is 16.0. The van der Waals surface area contributed by atoms with Crippen LogP contribution < -0.4 is 4.74 Å². The number of aryl methyl sites for hydroxylation is 1. The summed E-state index contributed by atoms with van der Waals surface area (Å²) in [5.74, 6) is -0.431. The second kappa shape index (κ2) is 6.62. The summed E-state index contributed by atoms with van der Waals surface area (Å²) in [5.41, 5.74) is 4.47. The van der Waals surface area contributed by atoms with Crippen LogP contribution in [0.5, 0.6) is 5.88 Å². The van der Waals surface area contributed by atoms with Gasteiger partial charge in [0.2, 0.25) is 5.88 Å². The second-order valence-electron chi connectivity index (χ2n) is 5.11. The van der Waals surface area contributed by atoms with Crippen LogP contribution in [0.15, 0.2) is 12.1 Å². The minimum atomic E-state index is -0.938. The van der Waals surface area contributed by atoms with Crippen molar-refractivity contribution in [2.24, 2.45) is 0 Å². The van der Waals surface area contributed by atoms with Gasteiger partial charge in [-0.1, -0.05) is 6.07 Å². The van der Waals surface area contributed by atoms with Gasteiger partial charge in [-0.2, -0.15) is 0 Å². The Morgan fingerprint density at radius 2 is 1.95 bits per heavy atom. The Labute approximate surface area is 129 Å². The number of carboxylic acid groups (broad SMARTS) is 1. The number of benzene rings is 1. The van der Waals surface area contributed by atoms with Crippen molar-refractivity contribution in [3.63, 3.8) is 0 Å². The monoisotopic (exact) mass is 304 g/mol. The highest BCUT2D eigenvalue weighted by molar-refractivity contribution is 5.92. The number of aromatic nitrogens is 2. The van der Waals surface area contributed by atoms with Crippen LogP contribution in [0, 0.1) is 20.8 Å². The van der Waals surface area contributed by atoms with E-state index in [9.17, 15) is 9.90 Å². The molecule has 2 rings (SSSR count). The third-order valence-corrected chi connectivity index (χ3v) is 3.65. The maximum Gasteiger partial charge on any atom is 0.335 e. The summed E-state index contributed by atoms with van der Waals surface area (Å²) >= 11 is 0. The molecule has 0 saturated carbocycles. The zero-order chi connectivity index (χ0) is 16.3. The van der Waals surface area contributed by atoms with Crippen LogP contribution in [-0.2, 0) is 4.74 Å². The molecule has 0 bridgehead atoms. The number of hydrogen-bond acceptors (Lipinski definition) is 4. The SMILES string of the molecule is COCCOc1n[nH]c(-c2c(C)ccc(C(=O)O)c2C)c1C. The van der Waals surface area contributed by atoms with Crippen molar-refractivity contribution in [2.75, 3.05) is 20.3 Å². The minimum absolute atomic E-state index is 0.288. The molecule has 0 saturated heterocycles. The number of nitrogens with one attached hydrogen (secondary N) is 1. The molecule has 1 heterocycles. The molecule has 0 amide bonds. The topological polar surface area (TPSA) is 84.4 Å². The summed E-state index contributed by atoms with van der Waals surface area (Å²) in [4.78, 5) is 11.3. The second-order valence-corrected chi connectivity index (χ2v) is 5.11. The summed E-state index contributed by atoms with van der Waals surface area (Å²) in [5, 5.41) is 16.4. The number of rotatable bonds is 6. The lowest BCUT2D eigenvalue weighted by Crippen LogP contribution is -2.05. The molecule has 0 fully saturated rings. The number of carbonyl (C=O) groups is 1. The molecule has 6 nitrogen and oxygen atoms in total. The first-order valence-corrected chi connectivity index (χ1v) is 6.98. The average molecular weight is 304 g/mol. The maximum absolute atomic E-state index is 11.3. The lowest BCUT2D eigenvalue weighted by atomic mass is 9.94. The van der Waals surface area contributed by atoms with Crippen molar-refractivity contribution in [3.8, 4) is 17.1 Å². The van der Waals surface area contributed by atoms with E-state index in [1.165, 1.54) is 0 Å². The molecular formula is C16H20N2O4. The normalized spacial score (nSPS) is 10.7. The number of carboxylic acids is 1. The van der Waals surface area contributed by atoms with Gasteiger partial charge in [0.25, 0.3) is 0 Å². The first-order chi connectivity index (χ1) is 10.5. The van der Waals surface area contributed by atoms with Gasteiger partial charge in [0.1, 0.15) is 6.61 Å². The standard InChI is InChI=1S/C16H20N2O4/c1-9-5-6-12(16(19)20)10(2)13(9)14-11(3)15(18-17-14)22-8-7-21-4/h5-6H,7-8H2,1-4H3,(H,17,18)(H,19,20). The van der Waals surface area contributed by atoms with Gasteiger partial charge in [-0.25, -0.2) is 4.79 Å². The number of nitrogens with zero attached hydrogens (tertiary/aromatic N) is 1. The van der Waals surface area contributed by atoms with Crippen LogP contribution in [-0.4, -0.2) is 41.6 Å². The van der Waals surface area contributed by atoms with E-state index in [2.05, 4.69) is 10.2 Å². The highest BCUT2D eigenvalue weighted by Crippen LogP contribution is 2.33. The van der Waals surface area contributed by atoms with E-state index in [4.69, 9.17) is 9.47 Å². The van der Waals surface area contributed by atoms with Crippen molar-refractivity contribution < 1.29 is 19.4 Å². The Kier molecular flexibility index (Phi) is 4.82. The third kappa shape index (κ3) is 2.96. The molecule has 22 heavy (non-hydrogen) atoms. The number of methoxy groups -OCH3 is 1. The predicted octanol–water partition coefficient (Wildman–Crippen LogP) is 2.73. The lowest BCUT2D eigenvalue weighted by Gasteiger charge is -2.12. The van der Waals surface area contributed by atoms with E-state index in [0.717, 1.165) is 22.4 Å². The van der Waals surface area contributed by atoms with Crippen LogP contribution in [0.25, 0.3) is 11.3 Å². The van der Waals surface area contributed by atoms with Crippen LogP contribution in [0.2, 0.25) is 0 Å². The van der Waals surface area contributed by atoms with Crippen LogP contribution >= 0.6 is 0 Å². The van der Waals surface area contributed by atoms with Gasteiger partial charge in [0.15, 0.2) is 0 Å². The number of ether oxygens (including phenoxy) is 2. The Balaban J connectivity index is 2.44. The van der Waals surface area contributed by atoms with E-state index in [1.54, 1.807) is 26.2 Å². The number of H-pyrrole nitrogens is 1. The molecule has 1 aromatic carbocycles. The highest BCUT2D eigenvalue weighted by atomic mass is 16.5. The molecule has 0 aliphatic rings. The van der Waals surface area contributed by atoms with Gasteiger partial charge >= 0.3 is 5.97 Å². The third-order valence-electron chi connectivity index (χ3n) is 3.65. The van der Waals surface area contributed by atoms with E-state index >= 15 is 0 Å². The zero-order valence-electron chi connectivity index (χ0n) is 13.2. The Bertz CT molecular complexity index is 692. The van der Waals surface area contributed by atoms with Crippen molar-refractivity contribution in [1.82, 2.24) is 10.2 Å². The zero-order valence-corrected chi connectivity index (χ0v) is 13.2. The maximum atomic E-state index is 11.3. The molecule has 118 valence electrons. The molecule has 1 aromatic heterocycles. The van der Waals surface area contributed by atoms with Crippen molar-refractivity contribution in [2.45, 2.75) is 20.8 Å². The van der Waals surface area contributed by atoms with E-state index in [1.807, 2.05) is 13.8 Å². The summed E-state index contributed by atoms with van der Waals surface area (Å²) in [6.07, 6.45) is 0. The fraction of sp³-hybridized carbons (Fsp3) is 0.375. The number of aromatic amines is 1. The highest BCUT2D eigenvalue weighted by Gasteiger charge is 2.19. The minimum Gasteiger partial charge on any atom is -0.478 e. The van der Waals surface area contributed by atoms with Crippen molar-refractivity contribution in [1.29, 1.82) is 0 Å². The van der Waals surface area contributed by atoms with Crippen LogP contribution in [0.4, 0.5) is 0 Å². The van der Waals surface area contributed by atoms with Crippen LogP contribution in [0.3, 0.4) is 0 Å².